The molecule has 0 bridgehead atoms. The van der Waals surface area contributed by atoms with Crippen molar-refractivity contribution in [1.29, 1.82) is 0 Å². The molecule has 1 heterocycles. The van der Waals surface area contributed by atoms with Crippen LogP contribution in [0.1, 0.15) is 45.1 Å². The van der Waals surface area contributed by atoms with E-state index in [1.54, 1.807) is 6.92 Å². The molecule has 3 rings (SSSR count). The smallest absolute Gasteiger partial charge is 0.330 e. The van der Waals surface area contributed by atoms with Gasteiger partial charge in [0, 0.05) is 6.08 Å². The highest BCUT2D eigenvalue weighted by Crippen LogP contribution is 2.33. The Balaban J connectivity index is 1.56. The fraction of sp³-hybridized carbons (Fsp3) is 0.654. The summed E-state index contributed by atoms with van der Waals surface area (Å²) in [6.45, 7) is 3.71. The van der Waals surface area contributed by atoms with Crippen LogP contribution in [0.5, 0.6) is 5.75 Å². The maximum Gasteiger partial charge on any atom is 0.330 e. The molecule has 2 aliphatic rings. The number of hydrogen-bond donors (Lipinski definition) is 4. The van der Waals surface area contributed by atoms with Crippen molar-refractivity contribution in [2.24, 2.45) is 5.92 Å². The van der Waals surface area contributed by atoms with Crippen molar-refractivity contribution in [2.45, 2.75) is 82.8 Å². The molecule has 1 aromatic rings. The number of esters is 1. The van der Waals surface area contributed by atoms with E-state index in [1.807, 2.05) is 31.2 Å². The number of rotatable bonds is 10. The van der Waals surface area contributed by atoms with E-state index in [0.717, 1.165) is 43.2 Å². The summed E-state index contributed by atoms with van der Waals surface area (Å²) in [7, 11) is 0. The lowest BCUT2D eigenvalue weighted by atomic mass is 9.82. The van der Waals surface area contributed by atoms with Gasteiger partial charge in [0.2, 0.25) is 0 Å². The molecular weight excluding hydrogens is 456 g/mol. The number of carbonyl (C=O) groups excluding carboxylic acids is 1. The quantitative estimate of drug-likeness (QED) is 0.282. The lowest BCUT2D eigenvalue weighted by Gasteiger charge is -2.42. The van der Waals surface area contributed by atoms with E-state index in [1.165, 1.54) is 6.08 Å². The number of benzene rings is 1. The SMILES string of the molecule is CCOC(=O)/C=C(/C)COc1ccc(C[C@@H]2CCCC[C@@H]2O[C@@H]2O[C@H](CO)[C@H](O)[C@H](O)[C@H]2O)cc1. The third-order valence-electron chi connectivity index (χ3n) is 6.54. The molecule has 0 unspecified atom stereocenters. The Bertz CT molecular complexity index is 823. The van der Waals surface area contributed by atoms with Gasteiger partial charge in [-0.3, -0.25) is 0 Å². The summed E-state index contributed by atoms with van der Waals surface area (Å²) in [5.41, 5.74) is 1.88. The topological polar surface area (TPSA) is 135 Å². The Kier molecular flexibility index (Phi) is 10.5. The average Bonchev–Trinajstić information content (AvgIpc) is 2.85. The normalized spacial score (nSPS) is 31.7. The average molecular weight is 495 g/mol. The van der Waals surface area contributed by atoms with E-state index in [-0.39, 0.29) is 24.6 Å². The number of aliphatic hydroxyl groups excluding tert-OH is 4. The molecule has 0 aromatic heterocycles. The lowest BCUT2D eigenvalue weighted by molar-refractivity contribution is -0.316. The van der Waals surface area contributed by atoms with Gasteiger partial charge in [-0.15, -0.1) is 0 Å². The molecule has 0 radical (unpaired) electrons. The maximum atomic E-state index is 11.5. The summed E-state index contributed by atoms with van der Waals surface area (Å²) in [4.78, 5) is 11.5. The molecule has 0 spiro atoms. The molecule has 35 heavy (non-hydrogen) atoms. The van der Waals surface area contributed by atoms with Gasteiger partial charge in [0.1, 0.15) is 36.8 Å². The monoisotopic (exact) mass is 494 g/mol. The summed E-state index contributed by atoms with van der Waals surface area (Å²) in [6, 6.07) is 7.78. The van der Waals surface area contributed by atoms with Crippen LogP contribution < -0.4 is 4.74 Å². The molecule has 9 heteroatoms. The fourth-order valence-electron chi connectivity index (χ4n) is 4.59. The van der Waals surface area contributed by atoms with Crippen molar-refractivity contribution in [1.82, 2.24) is 0 Å². The van der Waals surface area contributed by atoms with Crippen LogP contribution in [0.15, 0.2) is 35.9 Å². The number of aliphatic hydroxyl groups is 4. The number of hydrogen-bond acceptors (Lipinski definition) is 9. The third kappa shape index (κ3) is 7.73. The molecule has 1 aliphatic carbocycles. The predicted octanol–water partition coefficient (Wildman–Crippen LogP) is 1.49. The van der Waals surface area contributed by atoms with Gasteiger partial charge >= 0.3 is 5.97 Å². The van der Waals surface area contributed by atoms with E-state index < -0.39 is 37.3 Å². The van der Waals surface area contributed by atoms with Gasteiger partial charge in [0.15, 0.2) is 6.29 Å². The van der Waals surface area contributed by atoms with Gasteiger partial charge in [-0.1, -0.05) is 25.0 Å². The molecule has 2 fully saturated rings. The number of ether oxygens (including phenoxy) is 4. The first-order chi connectivity index (χ1) is 16.8. The maximum absolute atomic E-state index is 11.5. The van der Waals surface area contributed by atoms with E-state index in [0.29, 0.717) is 12.4 Å². The molecular formula is C26H38O9. The van der Waals surface area contributed by atoms with Crippen LogP contribution >= 0.6 is 0 Å². The van der Waals surface area contributed by atoms with Crippen LogP contribution in [-0.2, 0) is 25.4 Å². The van der Waals surface area contributed by atoms with Crippen molar-refractivity contribution < 1.29 is 44.2 Å². The van der Waals surface area contributed by atoms with Crippen molar-refractivity contribution >= 4 is 5.97 Å². The van der Waals surface area contributed by atoms with Crippen LogP contribution in [0.3, 0.4) is 0 Å². The highest BCUT2D eigenvalue weighted by molar-refractivity contribution is 5.82. The first-order valence-electron chi connectivity index (χ1n) is 12.3. The van der Waals surface area contributed by atoms with Crippen LogP contribution in [0.2, 0.25) is 0 Å². The Morgan fingerprint density at radius 1 is 1.09 bits per heavy atom. The van der Waals surface area contributed by atoms with Crippen LogP contribution in [-0.4, -0.2) is 83.0 Å². The summed E-state index contributed by atoms with van der Waals surface area (Å²) in [5, 5.41) is 39.8. The minimum absolute atomic E-state index is 0.184. The van der Waals surface area contributed by atoms with E-state index in [4.69, 9.17) is 18.9 Å². The largest absolute Gasteiger partial charge is 0.489 e. The first-order valence-corrected chi connectivity index (χ1v) is 12.3. The van der Waals surface area contributed by atoms with Crippen LogP contribution in [0.4, 0.5) is 0 Å². The zero-order valence-electron chi connectivity index (χ0n) is 20.4. The summed E-state index contributed by atoms with van der Waals surface area (Å²) in [5.74, 6) is 0.512. The van der Waals surface area contributed by atoms with Crippen molar-refractivity contribution in [2.75, 3.05) is 19.8 Å². The zero-order valence-corrected chi connectivity index (χ0v) is 20.4. The van der Waals surface area contributed by atoms with Crippen molar-refractivity contribution in [3.05, 3.63) is 41.5 Å². The molecule has 1 aromatic carbocycles. The van der Waals surface area contributed by atoms with Crippen molar-refractivity contribution in [3.8, 4) is 5.75 Å². The molecule has 1 aliphatic heterocycles. The van der Waals surface area contributed by atoms with E-state index >= 15 is 0 Å². The molecule has 7 atom stereocenters. The van der Waals surface area contributed by atoms with Crippen LogP contribution in [0.25, 0.3) is 0 Å². The van der Waals surface area contributed by atoms with Gasteiger partial charge in [-0.25, -0.2) is 4.79 Å². The Morgan fingerprint density at radius 2 is 1.80 bits per heavy atom. The van der Waals surface area contributed by atoms with Gasteiger partial charge in [-0.2, -0.15) is 0 Å². The summed E-state index contributed by atoms with van der Waals surface area (Å²) < 4.78 is 22.3. The summed E-state index contributed by atoms with van der Waals surface area (Å²) in [6.07, 6.45) is -0.507. The molecule has 1 saturated carbocycles. The highest BCUT2D eigenvalue weighted by Gasteiger charge is 2.45. The van der Waals surface area contributed by atoms with Gasteiger partial charge in [0.25, 0.3) is 0 Å². The summed E-state index contributed by atoms with van der Waals surface area (Å²) >= 11 is 0. The Morgan fingerprint density at radius 3 is 2.49 bits per heavy atom. The first kappa shape index (κ1) is 27.6. The minimum Gasteiger partial charge on any atom is -0.489 e. The molecule has 196 valence electrons. The van der Waals surface area contributed by atoms with E-state index in [2.05, 4.69) is 0 Å². The van der Waals surface area contributed by atoms with Crippen LogP contribution in [0, 0.1) is 5.92 Å². The second-order valence-corrected chi connectivity index (χ2v) is 9.30. The second kappa shape index (κ2) is 13.3. The second-order valence-electron chi connectivity index (χ2n) is 9.30. The fourth-order valence-corrected chi connectivity index (χ4v) is 4.59. The number of carbonyl (C=O) groups is 1. The van der Waals surface area contributed by atoms with Gasteiger partial charge < -0.3 is 39.4 Å². The van der Waals surface area contributed by atoms with E-state index in [9.17, 15) is 25.2 Å². The lowest BCUT2D eigenvalue weighted by Crippen LogP contribution is -2.60. The standard InChI is InChI=1S/C26H38O9/c1-3-32-22(28)12-16(2)15-33-19-10-8-17(9-11-19)13-18-6-4-5-7-20(18)34-26-25(31)24(30)23(29)21(14-27)35-26/h8-12,18,20-21,23-27,29-31H,3-7,13-15H2,1-2H3/b16-12-/t18-,20-,21+,23-,24-,25+,26+/m0/s1. The predicted molar refractivity (Wildman–Crippen MR) is 127 cm³/mol. The molecule has 1 saturated heterocycles. The Labute approximate surface area is 206 Å². The Hall–Kier alpha value is -2.01. The zero-order chi connectivity index (χ0) is 25.4. The minimum atomic E-state index is -1.45. The highest BCUT2D eigenvalue weighted by atomic mass is 16.7. The third-order valence-corrected chi connectivity index (χ3v) is 6.54. The van der Waals surface area contributed by atoms with Gasteiger partial charge in [-0.05, 0) is 62.3 Å². The molecule has 4 N–H and O–H groups in total. The molecule has 0 amide bonds. The van der Waals surface area contributed by atoms with Gasteiger partial charge in [0.05, 0.1) is 19.3 Å². The van der Waals surface area contributed by atoms with Crippen molar-refractivity contribution in [3.63, 3.8) is 0 Å². The molecule has 9 nitrogen and oxygen atoms in total.